The van der Waals surface area contributed by atoms with E-state index in [0.29, 0.717) is 12.1 Å². The third kappa shape index (κ3) is 3.13. The summed E-state index contributed by atoms with van der Waals surface area (Å²) in [5.74, 6) is -1.55. The summed E-state index contributed by atoms with van der Waals surface area (Å²) in [6, 6.07) is 4.26. The summed E-state index contributed by atoms with van der Waals surface area (Å²) in [4.78, 5) is 5.89. The summed E-state index contributed by atoms with van der Waals surface area (Å²) in [5, 5.41) is 0. The molecule has 0 N–H and O–H groups in total. The van der Waals surface area contributed by atoms with E-state index in [-0.39, 0.29) is 0 Å². The number of benzene rings is 1. The van der Waals surface area contributed by atoms with Crippen LogP contribution in [-0.4, -0.2) is 28.0 Å². The Kier molecular flexibility index (Phi) is 4.04. The second-order valence-corrected chi connectivity index (χ2v) is 4.25. The second kappa shape index (κ2) is 5.73. The maximum Gasteiger partial charge on any atom is 0.163 e. The lowest BCUT2D eigenvalue weighted by Crippen LogP contribution is -2.23. The Bertz CT molecular complexity index is 497. The van der Waals surface area contributed by atoms with Crippen LogP contribution in [0.3, 0.4) is 0 Å². The molecule has 0 aliphatic rings. The van der Waals surface area contributed by atoms with Crippen molar-refractivity contribution in [3.63, 3.8) is 0 Å². The molecule has 3 nitrogen and oxygen atoms in total. The standard InChI is InChI=1S/C13H15F2N3/c1-17(7-8-18-6-5-16-10-18)9-11-3-2-4-12(14)13(11)15/h2-6,10H,7-9H2,1H3. The van der Waals surface area contributed by atoms with E-state index in [1.54, 1.807) is 18.6 Å². The molecule has 0 saturated heterocycles. The number of hydrogen-bond acceptors (Lipinski definition) is 2. The van der Waals surface area contributed by atoms with Crippen LogP contribution in [0.15, 0.2) is 36.9 Å². The van der Waals surface area contributed by atoms with Crippen LogP contribution in [0.4, 0.5) is 8.78 Å². The van der Waals surface area contributed by atoms with E-state index >= 15 is 0 Å². The predicted molar refractivity (Wildman–Crippen MR) is 64.9 cm³/mol. The van der Waals surface area contributed by atoms with Crippen molar-refractivity contribution < 1.29 is 8.78 Å². The highest BCUT2D eigenvalue weighted by atomic mass is 19.2. The quantitative estimate of drug-likeness (QED) is 0.813. The van der Waals surface area contributed by atoms with Crippen LogP contribution in [0, 0.1) is 11.6 Å². The Labute approximate surface area is 105 Å². The van der Waals surface area contributed by atoms with Gasteiger partial charge in [0.05, 0.1) is 6.33 Å². The number of likely N-dealkylation sites (N-methyl/N-ethyl adjacent to an activating group) is 1. The fourth-order valence-electron chi connectivity index (χ4n) is 1.75. The first-order valence-corrected chi connectivity index (χ1v) is 5.74. The van der Waals surface area contributed by atoms with Crippen molar-refractivity contribution in [2.75, 3.05) is 13.6 Å². The van der Waals surface area contributed by atoms with E-state index in [1.165, 1.54) is 6.07 Å². The average molecular weight is 251 g/mol. The molecule has 0 radical (unpaired) electrons. The first kappa shape index (κ1) is 12.7. The van der Waals surface area contributed by atoms with E-state index < -0.39 is 11.6 Å². The third-order valence-corrected chi connectivity index (χ3v) is 2.77. The molecule has 0 fully saturated rings. The predicted octanol–water partition coefficient (Wildman–Crippen LogP) is 2.29. The van der Waals surface area contributed by atoms with Crippen molar-refractivity contribution in [1.29, 1.82) is 0 Å². The molecule has 96 valence electrons. The Morgan fingerprint density at radius 1 is 1.33 bits per heavy atom. The molecule has 0 amide bonds. The summed E-state index contributed by atoms with van der Waals surface area (Å²) in [6.07, 6.45) is 5.32. The molecule has 0 bridgehead atoms. The van der Waals surface area contributed by atoms with E-state index in [4.69, 9.17) is 0 Å². The van der Waals surface area contributed by atoms with Gasteiger partial charge in [0.1, 0.15) is 0 Å². The summed E-state index contributed by atoms with van der Waals surface area (Å²) < 4.78 is 28.4. The van der Waals surface area contributed by atoms with Gasteiger partial charge in [0, 0.05) is 37.6 Å². The molecule has 0 spiro atoms. The van der Waals surface area contributed by atoms with Crippen LogP contribution >= 0.6 is 0 Å². The molecular formula is C13H15F2N3. The first-order valence-electron chi connectivity index (χ1n) is 5.74. The lowest BCUT2D eigenvalue weighted by atomic mass is 10.2. The fraction of sp³-hybridized carbons (Fsp3) is 0.308. The normalized spacial score (nSPS) is 11.1. The van der Waals surface area contributed by atoms with Gasteiger partial charge in [0.2, 0.25) is 0 Å². The van der Waals surface area contributed by atoms with Crippen molar-refractivity contribution in [2.45, 2.75) is 13.1 Å². The molecule has 0 unspecified atom stereocenters. The van der Waals surface area contributed by atoms with Crippen LogP contribution in [0.5, 0.6) is 0 Å². The van der Waals surface area contributed by atoms with Crippen molar-refractivity contribution in [2.24, 2.45) is 0 Å². The number of halogens is 2. The topological polar surface area (TPSA) is 21.1 Å². The minimum atomic E-state index is -0.796. The van der Waals surface area contributed by atoms with Crippen LogP contribution in [0.1, 0.15) is 5.56 Å². The van der Waals surface area contributed by atoms with Crippen molar-refractivity contribution in [1.82, 2.24) is 14.5 Å². The zero-order valence-electron chi connectivity index (χ0n) is 10.2. The SMILES string of the molecule is CN(CCn1ccnc1)Cc1cccc(F)c1F. The van der Waals surface area contributed by atoms with Crippen LogP contribution in [0.2, 0.25) is 0 Å². The van der Waals surface area contributed by atoms with E-state index in [2.05, 4.69) is 4.98 Å². The van der Waals surface area contributed by atoms with Crippen molar-refractivity contribution >= 4 is 0 Å². The minimum Gasteiger partial charge on any atom is -0.336 e. The summed E-state index contributed by atoms with van der Waals surface area (Å²) in [5.41, 5.74) is 0.378. The van der Waals surface area contributed by atoms with E-state index in [1.807, 2.05) is 22.7 Å². The molecule has 1 aromatic carbocycles. The number of aromatic nitrogens is 2. The molecule has 2 aromatic rings. The Balaban J connectivity index is 1.90. The van der Waals surface area contributed by atoms with Gasteiger partial charge in [-0.25, -0.2) is 13.8 Å². The third-order valence-electron chi connectivity index (χ3n) is 2.77. The van der Waals surface area contributed by atoms with Gasteiger partial charge >= 0.3 is 0 Å². The van der Waals surface area contributed by atoms with Gasteiger partial charge in [-0.2, -0.15) is 0 Å². The number of imidazole rings is 1. The van der Waals surface area contributed by atoms with Gasteiger partial charge < -0.3 is 9.47 Å². The molecule has 2 rings (SSSR count). The van der Waals surface area contributed by atoms with Gasteiger partial charge in [-0.05, 0) is 13.1 Å². The molecule has 0 saturated carbocycles. The van der Waals surface area contributed by atoms with Crippen LogP contribution in [0.25, 0.3) is 0 Å². The highest BCUT2D eigenvalue weighted by Gasteiger charge is 2.09. The molecule has 18 heavy (non-hydrogen) atoms. The molecule has 0 aliphatic heterocycles. The molecule has 1 aromatic heterocycles. The van der Waals surface area contributed by atoms with E-state index in [0.717, 1.165) is 19.2 Å². The maximum absolute atomic E-state index is 13.5. The summed E-state index contributed by atoms with van der Waals surface area (Å²) in [6.45, 7) is 1.90. The largest absolute Gasteiger partial charge is 0.336 e. The van der Waals surface area contributed by atoms with Gasteiger partial charge in [0.25, 0.3) is 0 Å². The molecule has 0 atom stereocenters. The maximum atomic E-state index is 13.5. The average Bonchev–Trinajstić information content (AvgIpc) is 2.86. The Morgan fingerprint density at radius 2 is 2.17 bits per heavy atom. The van der Waals surface area contributed by atoms with Gasteiger partial charge in [-0.15, -0.1) is 0 Å². The molecular weight excluding hydrogens is 236 g/mol. The smallest absolute Gasteiger partial charge is 0.163 e. The summed E-state index contributed by atoms with van der Waals surface area (Å²) >= 11 is 0. The molecule has 0 aliphatic carbocycles. The highest BCUT2D eigenvalue weighted by molar-refractivity contribution is 5.18. The molecule has 1 heterocycles. The zero-order valence-corrected chi connectivity index (χ0v) is 10.2. The fourth-order valence-corrected chi connectivity index (χ4v) is 1.75. The van der Waals surface area contributed by atoms with E-state index in [9.17, 15) is 8.78 Å². The van der Waals surface area contributed by atoms with Crippen molar-refractivity contribution in [3.8, 4) is 0 Å². The van der Waals surface area contributed by atoms with Gasteiger partial charge in [-0.1, -0.05) is 12.1 Å². The Morgan fingerprint density at radius 3 is 2.89 bits per heavy atom. The lowest BCUT2D eigenvalue weighted by Gasteiger charge is -2.17. The number of rotatable bonds is 5. The monoisotopic (exact) mass is 251 g/mol. The molecule has 5 heteroatoms. The first-order chi connectivity index (χ1) is 8.66. The van der Waals surface area contributed by atoms with Gasteiger partial charge in [0.15, 0.2) is 11.6 Å². The summed E-state index contributed by atoms with van der Waals surface area (Å²) in [7, 11) is 1.88. The van der Waals surface area contributed by atoms with Crippen molar-refractivity contribution in [3.05, 3.63) is 54.1 Å². The zero-order chi connectivity index (χ0) is 13.0. The van der Waals surface area contributed by atoms with Crippen LogP contribution in [-0.2, 0) is 13.1 Å². The van der Waals surface area contributed by atoms with Crippen LogP contribution < -0.4 is 0 Å². The lowest BCUT2D eigenvalue weighted by molar-refractivity contribution is 0.304. The minimum absolute atomic E-state index is 0.378. The number of hydrogen-bond donors (Lipinski definition) is 0. The Hall–Kier alpha value is -1.75. The van der Waals surface area contributed by atoms with Gasteiger partial charge in [-0.3, -0.25) is 0 Å². The second-order valence-electron chi connectivity index (χ2n) is 4.25. The highest BCUT2D eigenvalue weighted by Crippen LogP contribution is 2.12. The number of nitrogens with zero attached hydrogens (tertiary/aromatic N) is 3.